The quantitative estimate of drug-likeness (QED) is 0.404. The molecule has 8 nitrogen and oxygen atoms in total. The third-order valence-corrected chi connectivity index (χ3v) is 4.08. The van der Waals surface area contributed by atoms with E-state index in [4.69, 9.17) is 0 Å². The van der Waals surface area contributed by atoms with Gasteiger partial charge in [0.1, 0.15) is 5.65 Å². The van der Waals surface area contributed by atoms with Gasteiger partial charge in [0.25, 0.3) is 0 Å². The van der Waals surface area contributed by atoms with E-state index in [9.17, 15) is 14.9 Å². The summed E-state index contributed by atoms with van der Waals surface area (Å²) >= 11 is 0. The average molecular weight is 373 g/mol. The number of para-hydroxylation sites is 1. The molecule has 0 bridgehead atoms. The first-order valence-corrected chi connectivity index (χ1v) is 8.47. The topological polar surface area (TPSA) is 102 Å². The number of benzene rings is 2. The van der Waals surface area contributed by atoms with Gasteiger partial charge in [0.15, 0.2) is 0 Å². The van der Waals surface area contributed by atoms with Crippen LogP contribution in [-0.2, 0) is 0 Å². The average Bonchev–Trinajstić information content (AvgIpc) is 2.69. The minimum Gasteiger partial charge on any atom is -0.355 e. The molecule has 138 valence electrons. The van der Waals surface area contributed by atoms with Gasteiger partial charge in [-0.15, -0.1) is 0 Å². The Morgan fingerprint density at radius 1 is 0.857 bits per heavy atom. The van der Waals surface area contributed by atoms with Gasteiger partial charge in [-0.3, -0.25) is 19.3 Å². The Morgan fingerprint density at radius 2 is 1.54 bits per heavy atom. The Hall–Kier alpha value is -4.20. The number of nitrogens with zero attached hydrogens (tertiary/aromatic N) is 3. The fourth-order valence-corrected chi connectivity index (χ4v) is 2.83. The van der Waals surface area contributed by atoms with Gasteiger partial charge in [0.05, 0.1) is 4.92 Å². The van der Waals surface area contributed by atoms with E-state index < -0.39 is 16.2 Å². The zero-order valence-corrected chi connectivity index (χ0v) is 14.6. The van der Waals surface area contributed by atoms with E-state index in [1.807, 2.05) is 36.4 Å². The molecule has 0 saturated carbocycles. The Morgan fingerprint density at radius 3 is 2.29 bits per heavy atom. The van der Waals surface area contributed by atoms with Crippen molar-refractivity contribution in [3.63, 3.8) is 0 Å². The van der Waals surface area contributed by atoms with Crippen LogP contribution in [-0.4, -0.2) is 14.3 Å². The maximum absolute atomic E-state index is 12.5. The van der Waals surface area contributed by atoms with Gasteiger partial charge < -0.3 is 10.6 Å². The lowest BCUT2D eigenvalue weighted by atomic mass is 10.2. The van der Waals surface area contributed by atoms with Crippen LogP contribution in [0.2, 0.25) is 0 Å². The summed E-state index contributed by atoms with van der Waals surface area (Å²) in [5.41, 5.74) is 1.24. The van der Waals surface area contributed by atoms with Crippen LogP contribution in [0.5, 0.6) is 0 Å². The summed E-state index contributed by atoms with van der Waals surface area (Å²) in [6.07, 6.45) is 1.45. The van der Waals surface area contributed by atoms with E-state index in [1.165, 1.54) is 6.20 Å². The lowest BCUT2D eigenvalue weighted by molar-refractivity contribution is -0.385. The van der Waals surface area contributed by atoms with Crippen molar-refractivity contribution in [2.45, 2.75) is 0 Å². The second-order valence-corrected chi connectivity index (χ2v) is 6.00. The van der Waals surface area contributed by atoms with Gasteiger partial charge in [-0.25, -0.2) is 4.98 Å². The van der Waals surface area contributed by atoms with E-state index in [0.717, 1.165) is 15.8 Å². The minimum absolute atomic E-state index is 0.0990. The molecule has 4 aromatic rings. The van der Waals surface area contributed by atoms with Crippen molar-refractivity contribution in [2.75, 3.05) is 10.6 Å². The van der Waals surface area contributed by atoms with Crippen LogP contribution in [0.1, 0.15) is 0 Å². The van der Waals surface area contributed by atoms with E-state index in [-0.39, 0.29) is 5.82 Å². The molecule has 28 heavy (non-hydrogen) atoms. The van der Waals surface area contributed by atoms with Crippen molar-refractivity contribution in [2.24, 2.45) is 0 Å². The van der Waals surface area contributed by atoms with Crippen LogP contribution in [0.15, 0.2) is 83.8 Å². The van der Waals surface area contributed by atoms with Gasteiger partial charge in [-0.2, -0.15) is 0 Å². The van der Waals surface area contributed by atoms with Crippen LogP contribution >= 0.6 is 0 Å². The predicted molar refractivity (Wildman–Crippen MR) is 108 cm³/mol. The lowest BCUT2D eigenvalue weighted by Crippen LogP contribution is -2.20. The van der Waals surface area contributed by atoms with Crippen LogP contribution in [0.3, 0.4) is 0 Å². The molecule has 0 aliphatic rings. The number of rotatable bonds is 5. The highest BCUT2D eigenvalue weighted by atomic mass is 16.6. The Labute approximate surface area is 159 Å². The van der Waals surface area contributed by atoms with Crippen molar-refractivity contribution in [3.05, 3.63) is 99.5 Å². The standard InChI is InChI=1S/C20H15N5O3/c26-20-18(25(27)28)19(23-17-11-4-5-12-24(17)20)22-16-10-6-9-15(13-16)21-14-7-2-1-3-8-14/h1-13,21-22H. The molecule has 0 fully saturated rings. The van der Waals surface area contributed by atoms with Crippen molar-refractivity contribution in [3.8, 4) is 0 Å². The second kappa shape index (κ2) is 7.20. The summed E-state index contributed by atoms with van der Waals surface area (Å²) in [4.78, 5) is 27.5. The third kappa shape index (κ3) is 3.38. The molecule has 0 unspecified atom stereocenters. The molecule has 2 heterocycles. The first-order chi connectivity index (χ1) is 13.6. The number of pyridine rings is 1. The highest BCUT2D eigenvalue weighted by molar-refractivity contribution is 5.71. The molecule has 2 N–H and O–H groups in total. The summed E-state index contributed by atoms with van der Waals surface area (Å²) in [5, 5.41) is 17.6. The van der Waals surface area contributed by atoms with Gasteiger partial charge >= 0.3 is 11.2 Å². The molecule has 0 radical (unpaired) electrons. The van der Waals surface area contributed by atoms with Crippen molar-refractivity contribution < 1.29 is 4.92 Å². The molecule has 0 saturated heterocycles. The summed E-state index contributed by atoms with van der Waals surface area (Å²) in [6.45, 7) is 0. The normalized spacial score (nSPS) is 10.6. The smallest absolute Gasteiger partial charge is 0.355 e. The monoisotopic (exact) mass is 373 g/mol. The molecular formula is C20H15N5O3. The summed E-state index contributed by atoms with van der Waals surface area (Å²) in [6, 6.07) is 21.7. The Kier molecular flexibility index (Phi) is 4.43. The van der Waals surface area contributed by atoms with Gasteiger partial charge in [-0.05, 0) is 42.5 Å². The van der Waals surface area contributed by atoms with E-state index >= 15 is 0 Å². The maximum atomic E-state index is 12.5. The van der Waals surface area contributed by atoms with Crippen LogP contribution < -0.4 is 16.2 Å². The number of nitro groups is 1. The van der Waals surface area contributed by atoms with Gasteiger partial charge in [-0.1, -0.05) is 30.3 Å². The number of hydrogen-bond acceptors (Lipinski definition) is 6. The van der Waals surface area contributed by atoms with E-state index in [0.29, 0.717) is 11.3 Å². The fraction of sp³-hybridized carbons (Fsp3) is 0. The Balaban J connectivity index is 1.72. The molecule has 0 aliphatic heterocycles. The highest BCUT2D eigenvalue weighted by Crippen LogP contribution is 2.26. The molecule has 0 atom stereocenters. The number of nitrogens with one attached hydrogen (secondary N) is 2. The summed E-state index contributed by atoms with van der Waals surface area (Å²) < 4.78 is 1.15. The molecule has 4 rings (SSSR count). The SMILES string of the molecule is O=c1c([N+](=O)[O-])c(Nc2cccc(Nc3ccccc3)c2)nc2ccccn12. The number of anilines is 4. The molecule has 8 heteroatoms. The largest absolute Gasteiger partial charge is 0.376 e. The zero-order chi connectivity index (χ0) is 19.5. The van der Waals surface area contributed by atoms with Crippen LogP contribution in [0.4, 0.5) is 28.6 Å². The number of hydrogen-bond donors (Lipinski definition) is 2. The van der Waals surface area contributed by atoms with Crippen molar-refractivity contribution >= 4 is 34.2 Å². The predicted octanol–water partition coefficient (Wildman–Crippen LogP) is 4.09. The van der Waals surface area contributed by atoms with E-state index in [1.54, 1.807) is 36.4 Å². The maximum Gasteiger partial charge on any atom is 0.376 e. The van der Waals surface area contributed by atoms with E-state index in [2.05, 4.69) is 15.6 Å². The second-order valence-electron chi connectivity index (χ2n) is 6.00. The number of aromatic nitrogens is 2. The van der Waals surface area contributed by atoms with Gasteiger partial charge in [0, 0.05) is 23.3 Å². The molecular weight excluding hydrogens is 358 g/mol. The number of fused-ring (bicyclic) bond motifs is 1. The fourth-order valence-electron chi connectivity index (χ4n) is 2.83. The molecule has 2 aromatic heterocycles. The van der Waals surface area contributed by atoms with Crippen LogP contribution in [0.25, 0.3) is 5.65 Å². The summed E-state index contributed by atoms with van der Waals surface area (Å²) in [7, 11) is 0. The molecule has 0 spiro atoms. The third-order valence-electron chi connectivity index (χ3n) is 4.08. The van der Waals surface area contributed by atoms with Crippen molar-refractivity contribution in [1.29, 1.82) is 0 Å². The van der Waals surface area contributed by atoms with Crippen molar-refractivity contribution in [1.82, 2.24) is 9.38 Å². The molecule has 0 amide bonds. The first-order valence-electron chi connectivity index (χ1n) is 8.47. The Bertz CT molecular complexity index is 1220. The zero-order valence-electron chi connectivity index (χ0n) is 14.6. The molecule has 2 aromatic carbocycles. The first kappa shape index (κ1) is 17.2. The highest BCUT2D eigenvalue weighted by Gasteiger charge is 2.23. The van der Waals surface area contributed by atoms with Crippen LogP contribution in [0, 0.1) is 10.1 Å². The summed E-state index contributed by atoms with van der Waals surface area (Å²) in [5.74, 6) is -0.0990. The van der Waals surface area contributed by atoms with Gasteiger partial charge in [0.2, 0.25) is 5.82 Å². The molecule has 0 aliphatic carbocycles. The minimum atomic E-state index is -0.739. The lowest BCUT2D eigenvalue weighted by Gasteiger charge is -2.11.